The number of alkyl halides is 1. The average molecular weight is 365 g/mol. The van der Waals surface area contributed by atoms with Crippen LogP contribution in [-0.2, 0) is 4.79 Å². The van der Waals surface area contributed by atoms with Crippen molar-refractivity contribution in [3.05, 3.63) is 28.0 Å². The van der Waals surface area contributed by atoms with E-state index in [4.69, 9.17) is 0 Å². The molecule has 92 valence electrons. The van der Waals surface area contributed by atoms with Gasteiger partial charge >= 0.3 is 0 Å². The summed E-state index contributed by atoms with van der Waals surface area (Å²) in [6.45, 7) is 2.51. The Morgan fingerprint density at radius 2 is 2.18 bits per heavy atom. The molecular weight excluding hydrogens is 353 g/mol. The van der Waals surface area contributed by atoms with E-state index in [2.05, 4.69) is 31.9 Å². The lowest BCUT2D eigenvalue weighted by molar-refractivity contribution is -0.118. The molecule has 1 saturated heterocycles. The number of piperidine rings is 1. The average Bonchev–Trinajstić information content (AvgIpc) is 2.28. The highest BCUT2D eigenvalue weighted by Gasteiger charge is 2.28. The number of anilines is 1. The van der Waals surface area contributed by atoms with Gasteiger partial charge in [-0.05, 0) is 53.4 Å². The summed E-state index contributed by atoms with van der Waals surface area (Å²) in [5, 5.41) is 0. The molecule has 2 rings (SSSR count). The zero-order valence-corrected chi connectivity index (χ0v) is 12.5. The molecule has 0 radical (unpaired) electrons. The first-order chi connectivity index (χ1) is 8.00. The number of hydrogen-bond donors (Lipinski definition) is 0. The third kappa shape index (κ3) is 2.55. The second kappa shape index (κ2) is 5.06. The molecule has 0 spiro atoms. The number of amides is 1. The highest BCUT2D eigenvalue weighted by atomic mass is 79.9. The van der Waals surface area contributed by atoms with Crippen molar-refractivity contribution in [2.75, 3.05) is 11.4 Å². The highest BCUT2D eigenvalue weighted by molar-refractivity contribution is 9.10. The van der Waals surface area contributed by atoms with Crippen LogP contribution in [0, 0.1) is 12.7 Å². The maximum absolute atomic E-state index is 13.3. The first-order valence-electron chi connectivity index (χ1n) is 5.42. The van der Waals surface area contributed by atoms with Gasteiger partial charge in [0.1, 0.15) is 5.82 Å². The van der Waals surface area contributed by atoms with Crippen LogP contribution in [0.25, 0.3) is 0 Å². The van der Waals surface area contributed by atoms with Crippen molar-refractivity contribution >= 4 is 43.5 Å². The first kappa shape index (κ1) is 13.0. The zero-order chi connectivity index (χ0) is 12.6. The normalized spacial score (nSPS) is 20.8. The Kier molecular flexibility index (Phi) is 3.88. The van der Waals surface area contributed by atoms with Gasteiger partial charge in [0, 0.05) is 12.2 Å². The Bertz CT molecular complexity index is 464. The zero-order valence-electron chi connectivity index (χ0n) is 9.34. The minimum atomic E-state index is -0.300. The maximum atomic E-state index is 13.3. The topological polar surface area (TPSA) is 20.3 Å². The van der Waals surface area contributed by atoms with E-state index in [9.17, 15) is 9.18 Å². The quantitative estimate of drug-likeness (QED) is 0.694. The van der Waals surface area contributed by atoms with Gasteiger partial charge in [0.05, 0.1) is 9.30 Å². The van der Waals surface area contributed by atoms with E-state index in [-0.39, 0.29) is 16.6 Å². The molecule has 0 N–H and O–H groups in total. The van der Waals surface area contributed by atoms with Crippen molar-refractivity contribution in [2.45, 2.75) is 24.6 Å². The molecule has 1 aromatic carbocycles. The largest absolute Gasteiger partial charge is 0.311 e. The van der Waals surface area contributed by atoms with Gasteiger partial charge in [-0.15, -0.1) is 0 Å². The molecule has 1 atom stereocenters. The van der Waals surface area contributed by atoms with E-state index < -0.39 is 0 Å². The summed E-state index contributed by atoms with van der Waals surface area (Å²) < 4.78 is 13.7. The number of carbonyl (C=O) groups excluding carboxylic acids is 1. The highest BCUT2D eigenvalue weighted by Crippen LogP contribution is 2.31. The smallest absolute Gasteiger partial charge is 0.240 e. The van der Waals surface area contributed by atoms with Gasteiger partial charge in [0.15, 0.2) is 0 Å². The number of halogens is 3. The Morgan fingerprint density at radius 1 is 1.47 bits per heavy atom. The molecule has 2 nitrogen and oxygen atoms in total. The second-order valence-electron chi connectivity index (χ2n) is 4.15. The molecular formula is C12H12Br2FNO. The van der Waals surface area contributed by atoms with E-state index in [0.717, 1.165) is 24.1 Å². The van der Waals surface area contributed by atoms with E-state index in [1.54, 1.807) is 11.0 Å². The number of carbonyl (C=O) groups is 1. The van der Waals surface area contributed by atoms with Crippen molar-refractivity contribution < 1.29 is 9.18 Å². The summed E-state index contributed by atoms with van der Waals surface area (Å²) in [6, 6.07) is 3.12. The van der Waals surface area contributed by atoms with Crippen LogP contribution >= 0.6 is 31.9 Å². The summed E-state index contributed by atoms with van der Waals surface area (Å²) in [5.41, 5.74) is 1.56. The van der Waals surface area contributed by atoms with Crippen molar-refractivity contribution in [1.82, 2.24) is 0 Å². The van der Waals surface area contributed by atoms with E-state index in [0.29, 0.717) is 11.0 Å². The molecule has 1 aliphatic heterocycles. The molecule has 0 aromatic heterocycles. The lowest BCUT2D eigenvalue weighted by Crippen LogP contribution is -2.42. The van der Waals surface area contributed by atoms with Crippen LogP contribution in [0.15, 0.2) is 16.6 Å². The number of aryl methyl sites for hydroxylation is 1. The van der Waals surface area contributed by atoms with Gasteiger partial charge in [0.25, 0.3) is 0 Å². The number of rotatable bonds is 1. The molecule has 1 heterocycles. The molecule has 1 aromatic rings. The second-order valence-corrected chi connectivity index (χ2v) is 6.11. The van der Waals surface area contributed by atoms with Crippen LogP contribution in [-0.4, -0.2) is 17.3 Å². The van der Waals surface area contributed by atoms with Crippen molar-refractivity contribution in [3.8, 4) is 0 Å². The van der Waals surface area contributed by atoms with Crippen molar-refractivity contribution in [1.29, 1.82) is 0 Å². The SMILES string of the molecule is Cc1cc(F)c(Br)cc1N1CCCC(Br)C1=O. The van der Waals surface area contributed by atoms with Crippen molar-refractivity contribution in [2.24, 2.45) is 0 Å². The Morgan fingerprint density at radius 3 is 2.88 bits per heavy atom. The van der Waals surface area contributed by atoms with Gasteiger partial charge in [-0.1, -0.05) is 15.9 Å². The molecule has 0 aliphatic carbocycles. The van der Waals surface area contributed by atoms with Crippen LogP contribution in [0.3, 0.4) is 0 Å². The minimum Gasteiger partial charge on any atom is -0.311 e. The summed E-state index contributed by atoms with van der Waals surface area (Å²) >= 11 is 6.53. The molecule has 1 aliphatic rings. The number of benzene rings is 1. The Balaban J connectivity index is 2.39. The van der Waals surface area contributed by atoms with Crippen LogP contribution in [0.5, 0.6) is 0 Å². The predicted octanol–water partition coefficient (Wildman–Crippen LogP) is 3.79. The van der Waals surface area contributed by atoms with Crippen molar-refractivity contribution in [3.63, 3.8) is 0 Å². The standard InChI is InChI=1S/C12H12Br2FNO/c1-7-5-10(15)9(14)6-11(7)16-4-2-3-8(13)12(16)17/h5-6,8H,2-4H2,1H3. The van der Waals surface area contributed by atoms with E-state index in [1.165, 1.54) is 6.07 Å². The third-order valence-electron chi connectivity index (χ3n) is 2.90. The van der Waals surface area contributed by atoms with Crippen LogP contribution < -0.4 is 4.90 Å². The third-order valence-corrected chi connectivity index (χ3v) is 4.36. The molecule has 17 heavy (non-hydrogen) atoms. The predicted molar refractivity (Wildman–Crippen MR) is 73.1 cm³/mol. The first-order valence-corrected chi connectivity index (χ1v) is 7.12. The number of hydrogen-bond acceptors (Lipinski definition) is 1. The fourth-order valence-electron chi connectivity index (χ4n) is 2.00. The molecule has 0 bridgehead atoms. The molecule has 0 saturated carbocycles. The fourth-order valence-corrected chi connectivity index (χ4v) is 2.90. The monoisotopic (exact) mass is 363 g/mol. The number of nitrogens with zero attached hydrogens (tertiary/aromatic N) is 1. The lowest BCUT2D eigenvalue weighted by atomic mass is 10.1. The maximum Gasteiger partial charge on any atom is 0.240 e. The minimum absolute atomic E-state index is 0.0536. The van der Waals surface area contributed by atoms with Gasteiger partial charge in [-0.3, -0.25) is 4.79 Å². The Labute approximate surface area is 116 Å². The van der Waals surface area contributed by atoms with Gasteiger partial charge in [-0.2, -0.15) is 0 Å². The van der Waals surface area contributed by atoms with Gasteiger partial charge in [0.2, 0.25) is 5.91 Å². The summed E-state index contributed by atoms with van der Waals surface area (Å²) in [5.74, 6) is -0.246. The van der Waals surface area contributed by atoms with E-state index in [1.807, 2.05) is 6.92 Å². The molecule has 1 fully saturated rings. The van der Waals surface area contributed by atoms with E-state index >= 15 is 0 Å². The summed E-state index contributed by atoms with van der Waals surface area (Å²) in [7, 11) is 0. The van der Waals surface area contributed by atoms with Gasteiger partial charge < -0.3 is 4.90 Å². The van der Waals surface area contributed by atoms with Crippen LogP contribution in [0.2, 0.25) is 0 Å². The molecule has 1 amide bonds. The van der Waals surface area contributed by atoms with Gasteiger partial charge in [-0.25, -0.2) is 4.39 Å². The fraction of sp³-hybridized carbons (Fsp3) is 0.417. The van der Waals surface area contributed by atoms with Crippen LogP contribution in [0.1, 0.15) is 18.4 Å². The molecule has 1 unspecified atom stereocenters. The summed E-state index contributed by atoms with van der Waals surface area (Å²) in [6.07, 6.45) is 1.81. The molecule has 5 heteroatoms. The summed E-state index contributed by atoms with van der Waals surface area (Å²) in [4.78, 5) is 13.6. The van der Waals surface area contributed by atoms with Crippen LogP contribution in [0.4, 0.5) is 10.1 Å². The Hall–Kier alpha value is -0.420. The lowest BCUT2D eigenvalue weighted by Gasteiger charge is -2.31.